The van der Waals surface area contributed by atoms with Gasteiger partial charge in [-0.25, -0.2) is 0 Å². The number of carbonyl (C=O) groups excluding carboxylic acids is 1. The predicted octanol–water partition coefficient (Wildman–Crippen LogP) is 3.95. The van der Waals surface area contributed by atoms with Gasteiger partial charge >= 0.3 is 0 Å². The van der Waals surface area contributed by atoms with Crippen LogP contribution in [0.15, 0.2) is 0 Å². The molecule has 1 fully saturated rings. The van der Waals surface area contributed by atoms with Crippen molar-refractivity contribution in [2.45, 2.75) is 52.6 Å². The molecule has 1 aliphatic rings. The molecule has 0 bridgehead atoms. The van der Waals surface area contributed by atoms with Gasteiger partial charge in [0, 0.05) is 20.5 Å². The molecule has 0 saturated heterocycles. The van der Waals surface area contributed by atoms with Crippen molar-refractivity contribution < 1.29 is 9.53 Å². The fourth-order valence-electron chi connectivity index (χ4n) is 2.94. The molecule has 5 heteroatoms. The van der Waals surface area contributed by atoms with E-state index in [1.807, 2.05) is 13.8 Å². The number of rotatable bonds is 6. The number of nitrogen functional groups attached to an aromatic ring is 1. The lowest BCUT2D eigenvalue weighted by molar-refractivity contribution is 0.102. The molecule has 1 saturated carbocycles. The molecule has 0 atom stereocenters. The van der Waals surface area contributed by atoms with Crippen molar-refractivity contribution in [3.63, 3.8) is 0 Å². The van der Waals surface area contributed by atoms with E-state index < -0.39 is 0 Å². The molecule has 0 radical (unpaired) electrons. The Bertz CT molecular complexity index is 505. The van der Waals surface area contributed by atoms with E-state index in [9.17, 15) is 4.79 Å². The van der Waals surface area contributed by atoms with E-state index in [2.05, 4.69) is 11.9 Å². The minimum absolute atomic E-state index is 0.00613. The average molecular weight is 310 g/mol. The van der Waals surface area contributed by atoms with Crippen molar-refractivity contribution >= 4 is 27.8 Å². The van der Waals surface area contributed by atoms with Crippen molar-refractivity contribution in [3.8, 4) is 5.75 Å². The Hall–Kier alpha value is -1.23. The largest absolute Gasteiger partial charge is 0.486 e. The van der Waals surface area contributed by atoms with E-state index in [1.165, 1.54) is 37.0 Å². The number of nitrogens with zero attached hydrogens (tertiary/aromatic N) is 1. The standard InChI is InChI=1S/C16H26N2O2S/c1-10(2)20-14-13(17)15(11(3)19)21-16(14)18(4)9-12-7-5-6-8-12/h10,12H,5-9,17H2,1-4H3. The van der Waals surface area contributed by atoms with E-state index in [0.29, 0.717) is 16.3 Å². The minimum atomic E-state index is 0.00613. The predicted molar refractivity (Wildman–Crippen MR) is 89.7 cm³/mol. The average Bonchev–Trinajstić information content (AvgIpc) is 2.98. The molecular weight excluding hydrogens is 284 g/mol. The van der Waals surface area contributed by atoms with Crippen molar-refractivity contribution in [2.24, 2.45) is 5.92 Å². The number of hydrogen-bond donors (Lipinski definition) is 1. The molecule has 21 heavy (non-hydrogen) atoms. The molecular formula is C16H26N2O2S. The van der Waals surface area contributed by atoms with Gasteiger partial charge in [0.05, 0.1) is 16.7 Å². The monoisotopic (exact) mass is 310 g/mol. The lowest BCUT2D eigenvalue weighted by Crippen LogP contribution is -2.24. The summed E-state index contributed by atoms with van der Waals surface area (Å²) in [6.45, 7) is 6.52. The van der Waals surface area contributed by atoms with Crippen LogP contribution in [0.5, 0.6) is 5.75 Å². The van der Waals surface area contributed by atoms with E-state index in [1.54, 1.807) is 6.92 Å². The number of anilines is 2. The summed E-state index contributed by atoms with van der Waals surface area (Å²) < 4.78 is 5.88. The van der Waals surface area contributed by atoms with Crippen LogP contribution in [0.3, 0.4) is 0 Å². The number of thiophene rings is 1. The Morgan fingerprint density at radius 3 is 2.57 bits per heavy atom. The number of Topliss-reactive ketones (excluding diaryl/α,β-unsaturated/α-hetero) is 1. The molecule has 118 valence electrons. The highest BCUT2D eigenvalue weighted by molar-refractivity contribution is 7.19. The van der Waals surface area contributed by atoms with E-state index in [-0.39, 0.29) is 11.9 Å². The van der Waals surface area contributed by atoms with Crippen molar-refractivity contribution in [1.82, 2.24) is 0 Å². The number of ether oxygens (including phenoxy) is 1. The normalized spacial score (nSPS) is 15.7. The van der Waals surface area contributed by atoms with Crippen LogP contribution in [0.1, 0.15) is 56.1 Å². The number of nitrogens with two attached hydrogens (primary N) is 1. The van der Waals surface area contributed by atoms with Crippen LogP contribution in [-0.2, 0) is 0 Å². The number of hydrogen-bond acceptors (Lipinski definition) is 5. The molecule has 0 aromatic carbocycles. The summed E-state index contributed by atoms with van der Waals surface area (Å²) in [5.74, 6) is 1.43. The van der Waals surface area contributed by atoms with Crippen LogP contribution in [0, 0.1) is 5.92 Å². The summed E-state index contributed by atoms with van der Waals surface area (Å²) in [6, 6.07) is 0. The number of ketones is 1. The molecule has 1 heterocycles. The topological polar surface area (TPSA) is 55.6 Å². The van der Waals surface area contributed by atoms with Gasteiger partial charge in [-0.2, -0.15) is 0 Å². The highest BCUT2D eigenvalue weighted by Crippen LogP contribution is 2.45. The summed E-state index contributed by atoms with van der Waals surface area (Å²) in [5, 5.41) is 0.985. The summed E-state index contributed by atoms with van der Waals surface area (Å²) in [6.07, 6.45) is 5.30. The van der Waals surface area contributed by atoms with E-state index in [4.69, 9.17) is 10.5 Å². The van der Waals surface area contributed by atoms with Gasteiger partial charge in [-0.3, -0.25) is 4.79 Å². The second-order valence-corrected chi connectivity index (χ2v) is 7.23. The van der Waals surface area contributed by atoms with Crippen molar-refractivity contribution in [2.75, 3.05) is 24.2 Å². The van der Waals surface area contributed by atoms with Crippen LogP contribution >= 0.6 is 11.3 Å². The van der Waals surface area contributed by atoms with Crippen molar-refractivity contribution in [3.05, 3.63) is 4.88 Å². The van der Waals surface area contributed by atoms with Crippen LogP contribution in [-0.4, -0.2) is 25.5 Å². The maximum absolute atomic E-state index is 11.7. The van der Waals surface area contributed by atoms with Gasteiger partial charge < -0.3 is 15.4 Å². The van der Waals surface area contributed by atoms with Gasteiger partial charge in [-0.15, -0.1) is 11.3 Å². The maximum atomic E-state index is 11.7. The smallest absolute Gasteiger partial charge is 0.177 e. The van der Waals surface area contributed by atoms with E-state index >= 15 is 0 Å². The van der Waals surface area contributed by atoms with Gasteiger partial charge in [0.15, 0.2) is 11.5 Å². The first-order valence-corrected chi connectivity index (χ1v) is 8.52. The third-order valence-corrected chi connectivity index (χ3v) is 5.31. The first kappa shape index (κ1) is 16.1. The maximum Gasteiger partial charge on any atom is 0.177 e. The highest BCUT2D eigenvalue weighted by Gasteiger charge is 2.25. The lowest BCUT2D eigenvalue weighted by Gasteiger charge is -2.23. The van der Waals surface area contributed by atoms with Gasteiger partial charge in [0.1, 0.15) is 5.00 Å². The van der Waals surface area contributed by atoms with Crippen molar-refractivity contribution in [1.29, 1.82) is 0 Å². The van der Waals surface area contributed by atoms with E-state index in [0.717, 1.165) is 17.5 Å². The lowest BCUT2D eigenvalue weighted by atomic mass is 10.1. The fraction of sp³-hybridized carbons (Fsp3) is 0.688. The minimum Gasteiger partial charge on any atom is -0.486 e. The number of carbonyl (C=O) groups is 1. The Balaban J connectivity index is 2.26. The molecule has 4 nitrogen and oxygen atoms in total. The molecule has 1 aliphatic carbocycles. The summed E-state index contributed by atoms with van der Waals surface area (Å²) in [4.78, 5) is 14.6. The van der Waals surface area contributed by atoms with Crippen LogP contribution in [0.4, 0.5) is 10.7 Å². The zero-order valence-electron chi connectivity index (χ0n) is 13.4. The molecule has 1 aromatic heterocycles. The first-order chi connectivity index (χ1) is 9.90. The Labute approximate surface area is 131 Å². The second kappa shape index (κ2) is 6.69. The van der Waals surface area contributed by atoms with Gasteiger partial charge in [0.2, 0.25) is 0 Å². The van der Waals surface area contributed by atoms with Crippen LogP contribution in [0.25, 0.3) is 0 Å². The quantitative estimate of drug-likeness (QED) is 0.808. The zero-order valence-corrected chi connectivity index (χ0v) is 14.3. The molecule has 2 N–H and O–H groups in total. The molecule has 2 rings (SSSR count). The summed E-state index contributed by atoms with van der Waals surface area (Å²) in [5.41, 5.74) is 6.63. The Morgan fingerprint density at radius 2 is 2.05 bits per heavy atom. The zero-order chi connectivity index (χ0) is 15.6. The van der Waals surface area contributed by atoms with Crippen LogP contribution < -0.4 is 15.4 Å². The summed E-state index contributed by atoms with van der Waals surface area (Å²) in [7, 11) is 2.07. The Kier molecular flexibility index (Phi) is 5.14. The molecule has 0 unspecified atom stereocenters. The molecule has 0 amide bonds. The highest BCUT2D eigenvalue weighted by atomic mass is 32.1. The third-order valence-electron chi connectivity index (χ3n) is 3.91. The first-order valence-electron chi connectivity index (χ1n) is 7.71. The molecule has 0 spiro atoms. The third kappa shape index (κ3) is 3.70. The summed E-state index contributed by atoms with van der Waals surface area (Å²) >= 11 is 1.45. The van der Waals surface area contributed by atoms with Gasteiger partial charge in [0.25, 0.3) is 0 Å². The van der Waals surface area contributed by atoms with Gasteiger partial charge in [-0.05, 0) is 32.6 Å². The fourth-order valence-corrected chi connectivity index (χ4v) is 3.96. The van der Waals surface area contributed by atoms with Crippen LogP contribution in [0.2, 0.25) is 0 Å². The second-order valence-electron chi connectivity index (χ2n) is 6.23. The molecule has 1 aromatic rings. The SMILES string of the molecule is CC(=O)c1sc(N(C)CC2CCCC2)c(OC(C)C)c1N. The molecule has 0 aliphatic heterocycles. The van der Waals surface area contributed by atoms with Gasteiger partial charge in [-0.1, -0.05) is 12.8 Å². The Morgan fingerprint density at radius 1 is 1.43 bits per heavy atom.